The van der Waals surface area contributed by atoms with Crippen LogP contribution in [0.1, 0.15) is 14.7 Å². The van der Waals surface area contributed by atoms with Crippen molar-refractivity contribution in [2.24, 2.45) is 0 Å². The second-order valence-corrected chi connectivity index (χ2v) is 5.00. The number of carbonyl (C=O) groups excluding carboxylic acids is 1. The molecule has 1 aliphatic rings. The molecule has 1 heterocycles. The first-order chi connectivity index (χ1) is 10.6. The molecule has 7 atom stereocenters. The summed E-state index contributed by atoms with van der Waals surface area (Å²) in [5.41, 5.74) is 0. The van der Waals surface area contributed by atoms with E-state index in [9.17, 15) is 35.2 Å². The number of amides is 1. The van der Waals surface area contributed by atoms with Crippen LogP contribution >= 0.6 is 0 Å². The summed E-state index contributed by atoms with van der Waals surface area (Å²) in [5, 5.41) is 67.5. The largest absolute Gasteiger partial charge is 0.626 e. The van der Waals surface area contributed by atoms with Crippen molar-refractivity contribution < 1.29 is 51.4 Å². The van der Waals surface area contributed by atoms with E-state index in [4.69, 9.17) is 16.3 Å². The molecule has 0 aromatic rings. The maximum Gasteiger partial charge on any atom is 0.364 e. The van der Waals surface area contributed by atoms with Gasteiger partial charge in [-0.2, -0.15) is 0 Å². The lowest BCUT2D eigenvalue weighted by Gasteiger charge is -2.46. The Morgan fingerprint density at radius 2 is 2.14 bits per heavy atom. The summed E-state index contributed by atoms with van der Waals surface area (Å²) >= 11 is 0. The topological polar surface area (TPSA) is 192 Å². The van der Waals surface area contributed by atoms with Gasteiger partial charge in [0.05, 0.1) is 13.5 Å². The maximum atomic E-state index is 12.0. The standard InChI is InChI=1S/C11H19NO10/c1-4(14)12(21)7-5(15)2-11(20,10(18)19)22-9(7)8(17)6(16)3-13/h5-9,12-13,15-17,20H,2-3H2,1H3,(H,18,19)/t5-,6+,7+,8+,9+,11?/m0/s1/i1D. The molecule has 1 amide bonds. The van der Waals surface area contributed by atoms with Crippen LogP contribution in [0.15, 0.2) is 0 Å². The predicted molar refractivity (Wildman–Crippen MR) is 66.0 cm³/mol. The third kappa shape index (κ3) is 3.59. The van der Waals surface area contributed by atoms with Crippen molar-refractivity contribution in [3.63, 3.8) is 0 Å². The Kier molecular flexibility index (Phi) is 5.41. The molecule has 1 saturated heterocycles. The monoisotopic (exact) mass is 326 g/mol. The number of carboxylic acid groups (broad SMARTS) is 1. The van der Waals surface area contributed by atoms with Gasteiger partial charge >= 0.3 is 11.9 Å². The number of nitrogens with one attached hydrogen (secondary N) is 1. The van der Waals surface area contributed by atoms with Crippen molar-refractivity contribution in [1.29, 1.82) is 0 Å². The van der Waals surface area contributed by atoms with E-state index < -0.39 is 73.1 Å². The second-order valence-electron chi connectivity index (χ2n) is 5.00. The van der Waals surface area contributed by atoms with Gasteiger partial charge in [-0.3, -0.25) is 0 Å². The zero-order valence-corrected chi connectivity index (χ0v) is 11.3. The Bertz CT molecular complexity index is 451. The maximum absolute atomic E-state index is 12.0. The number of carboxylic acids is 1. The van der Waals surface area contributed by atoms with Crippen LogP contribution in [0.25, 0.3) is 0 Å². The van der Waals surface area contributed by atoms with E-state index in [-0.39, 0.29) is 0 Å². The summed E-state index contributed by atoms with van der Waals surface area (Å²) in [4.78, 5) is 22.4. The number of aliphatic carboxylic acids is 1. The Labute approximate surface area is 125 Å². The predicted octanol–water partition coefficient (Wildman–Crippen LogP) is -5.08. The number of hydrogen-bond acceptors (Lipinski definition) is 9. The van der Waals surface area contributed by atoms with Gasteiger partial charge < -0.3 is 45.6 Å². The highest BCUT2D eigenvalue weighted by Gasteiger charge is 2.56. The van der Waals surface area contributed by atoms with Crippen molar-refractivity contribution >= 4 is 11.9 Å². The first-order valence-electron chi connectivity index (χ1n) is 6.94. The average Bonchev–Trinajstić information content (AvgIpc) is 2.51. The van der Waals surface area contributed by atoms with Crippen molar-refractivity contribution in [2.75, 3.05) is 6.61 Å². The summed E-state index contributed by atoms with van der Waals surface area (Å²) in [6.45, 7) is -1.94. The molecule has 0 radical (unpaired) electrons. The normalized spacial score (nSPS) is 37.0. The number of quaternary nitrogens is 1. The van der Waals surface area contributed by atoms with Crippen LogP contribution < -0.4 is 5.06 Å². The van der Waals surface area contributed by atoms with Crippen LogP contribution in [0.4, 0.5) is 0 Å². The van der Waals surface area contributed by atoms with Crippen LogP contribution in [-0.2, 0) is 14.3 Å². The summed E-state index contributed by atoms with van der Waals surface area (Å²) in [6, 6.07) is -1.80. The summed E-state index contributed by atoms with van der Waals surface area (Å²) < 4.78 is 11.6. The number of rotatable bonds is 5. The molecular weight excluding hydrogens is 306 g/mol. The van der Waals surface area contributed by atoms with Gasteiger partial charge in [-0.05, 0) is 0 Å². The van der Waals surface area contributed by atoms with E-state index in [1.165, 1.54) is 0 Å². The number of ether oxygens (including phenoxy) is 1. The van der Waals surface area contributed by atoms with Gasteiger partial charge in [0.15, 0.2) is 0 Å². The van der Waals surface area contributed by atoms with E-state index in [1.807, 2.05) is 0 Å². The number of hydroxylamine groups is 2. The van der Waals surface area contributed by atoms with Crippen LogP contribution in [0, 0.1) is 5.21 Å². The Morgan fingerprint density at radius 3 is 2.59 bits per heavy atom. The fraction of sp³-hybridized carbons (Fsp3) is 0.818. The summed E-state index contributed by atoms with van der Waals surface area (Å²) in [5.74, 6) is -6.10. The number of hydrogen-bond donors (Lipinski definition) is 7. The van der Waals surface area contributed by atoms with Gasteiger partial charge in [0.25, 0.3) is 5.79 Å². The van der Waals surface area contributed by atoms with Crippen molar-refractivity contribution in [2.45, 2.75) is 49.6 Å². The van der Waals surface area contributed by atoms with E-state index in [0.29, 0.717) is 0 Å². The Balaban J connectivity index is 3.19. The highest BCUT2D eigenvalue weighted by Crippen LogP contribution is 2.29. The van der Waals surface area contributed by atoms with Gasteiger partial charge in [0.2, 0.25) is 0 Å². The first kappa shape index (κ1) is 17.2. The van der Waals surface area contributed by atoms with Gasteiger partial charge in [-0.15, -0.1) is 0 Å². The zero-order chi connectivity index (χ0) is 17.9. The minimum Gasteiger partial charge on any atom is -0.626 e. The van der Waals surface area contributed by atoms with Crippen molar-refractivity contribution in [1.82, 2.24) is 0 Å². The smallest absolute Gasteiger partial charge is 0.364 e. The van der Waals surface area contributed by atoms with Crippen LogP contribution in [-0.4, -0.2) is 85.4 Å². The Hall–Kier alpha value is -1.18. The second kappa shape index (κ2) is 6.93. The molecule has 0 saturated carbocycles. The van der Waals surface area contributed by atoms with E-state index >= 15 is 0 Å². The van der Waals surface area contributed by atoms with Gasteiger partial charge in [-0.1, -0.05) is 0 Å². The summed E-state index contributed by atoms with van der Waals surface area (Å²) in [6.07, 6.45) is -8.80. The molecule has 128 valence electrons. The van der Waals surface area contributed by atoms with Crippen molar-refractivity contribution in [3.05, 3.63) is 5.21 Å². The molecule has 0 spiro atoms. The molecule has 7 N–H and O–H groups in total. The fourth-order valence-electron chi connectivity index (χ4n) is 2.23. The molecule has 1 aliphatic heterocycles. The lowest BCUT2D eigenvalue weighted by molar-refractivity contribution is -0.810. The highest BCUT2D eigenvalue weighted by atomic mass is 16.7. The van der Waals surface area contributed by atoms with Crippen LogP contribution in [0.3, 0.4) is 0 Å². The average molecular weight is 326 g/mol. The highest BCUT2D eigenvalue weighted by molar-refractivity contribution is 5.75. The molecule has 2 unspecified atom stereocenters. The van der Waals surface area contributed by atoms with Crippen LogP contribution in [0.2, 0.25) is 0 Å². The third-order valence-electron chi connectivity index (χ3n) is 3.41. The number of aliphatic hydroxyl groups excluding tert-OH is 4. The molecule has 0 bridgehead atoms. The molecule has 1 fully saturated rings. The number of aliphatic hydroxyl groups is 5. The quantitative estimate of drug-likeness (QED) is 0.240. The zero-order valence-electron chi connectivity index (χ0n) is 12.3. The Morgan fingerprint density at radius 1 is 1.55 bits per heavy atom. The molecule has 22 heavy (non-hydrogen) atoms. The molecule has 11 heteroatoms. The minimum absolute atomic E-state index is 0.948. The molecular formula is C11H19NO10. The van der Waals surface area contributed by atoms with E-state index in [1.54, 1.807) is 0 Å². The molecule has 11 nitrogen and oxygen atoms in total. The molecule has 0 aromatic carbocycles. The third-order valence-corrected chi connectivity index (χ3v) is 3.41. The molecule has 0 aromatic heterocycles. The van der Waals surface area contributed by atoms with Gasteiger partial charge in [0, 0.05) is 7.79 Å². The molecule has 0 aliphatic carbocycles. The van der Waals surface area contributed by atoms with Crippen LogP contribution in [0.5, 0.6) is 0 Å². The number of carbonyl (C=O) groups is 2. The minimum atomic E-state index is -2.96. The molecule has 1 rings (SSSR count). The lowest BCUT2D eigenvalue weighted by atomic mass is 9.88. The first-order valence-corrected chi connectivity index (χ1v) is 6.24. The van der Waals surface area contributed by atoms with E-state index in [0.717, 1.165) is 0 Å². The van der Waals surface area contributed by atoms with Crippen molar-refractivity contribution in [3.8, 4) is 0 Å². The lowest BCUT2D eigenvalue weighted by Crippen LogP contribution is -3.17. The van der Waals surface area contributed by atoms with Gasteiger partial charge in [-0.25, -0.2) is 9.59 Å². The van der Waals surface area contributed by atoms with Gasteiger partial charge in [0.1, 0.15) is 30.5 Å². The SMILES string of the molecule is [2H]CC(=O)[NH+]([O-])[C@H]1[C@H]([C@H](O)[C@H](O)CO)OC(O)(C(=O)O)C[C@@H]1O. The fourth-order valence-corrected chi connectivity index (χ4v) is 2.23. The van der Waals surface area contributed by atoms with E-state index in [2.05, 4.69) is 0 Å². The summed E-state index contributed by atoms with van der Waals surface area (Å²) in [7, 11) is 0.